The van der Waals surface area contributed by atoms with Gasteiger partial charge in [-0.25, -0.2) is 0 Å². The maximum atomic E-state index is 5.22. The van der Waals surface area contributed by atoms with Crippen molar-refractivity contribution in [1.29, 1.82) is 0 Å². The van der Waals surface area contributed by atoms with Crippen LogP contribution in [0.3, 0.4) is 0 Å². The summed E-state index contributed by atoms with van der Waals surface area (Å²) < 4.78 is 0.756. The summed E-state index contributed by atoms with van der Waals surface area (Å²) in [5.41, 5.74) is 0. The summed E-state index contributed by atoms with van der Waals surface area (Å²) in [5, 5.41) is 0. The Hall–Kier alpha value is 0.200. The molecule has 1 saturated carbocycles. The fourth-order valence-electron chi connectivity index (χ4n) is 3.42. The molecule has 1 saturated heterocycles. The van der Waals surface area contributed by atoms with Crippen molar-refractivity contribution in [2.45, 2.75) is 58.0 Å². The SMILES string of the molecule is C[C@@H]1CN(C(=S)S)[C@@H](C)CN1CC1CCCCC1. The van der Waals surface area contributed by atoms with E-state index in [9.17, 15) is 0 Å². The molecule has 1 heterocycles. The highest BCUT2D eigenvalue weighted by atomic mass is 32.1. The second kappa shape index (κ2) is 6.58. The zero-order valence-electron chi connectivity index (χ0n) is 11.6. The number of rotatable bonds is 2. The van der Waals surface area contributed by atoms with Crippen LogP contribution in [0, 0.1) is 5.92 Å². The van der Waals surface area contributed by atoms with E-state index in [2.05, 4.69) is 36.3 Å². The van der Waals surface area contributed by atoms with Crippen LogP contribution in [0.2, 0.25) is 0 Å². The molecule has 1 aliphatic carbocycles. The molecule has 0 aromatic heterocycles. The molecule has 4 heteroatoms. The largest absolute Gasteiger partial charge is 0.352 e. The first-order valence-corrected chi connectivity index (χ1v) is 8.17. The van der Waals surface area contributed by atoms with Crippen LogP contribution in [0.25, 0.3) is 0 Å². The summed E-state index contributed by atoms with van der Waals surface area (Å²) in [6.07, 6.45) is 7.20. The van der Waals surface area contributed by atoms with Crippen molar-refractivity contribution in [2.75, 3.05) is 19.6 Å². The molecule has 104 valence electrons. The second-order valence-corrected chi connectivity index (χ2v) is 7.20. The van der Waals surface area contributed by atoms with Crippen molar-refractivity contribution < 1.29 is 0 Å². The van der Waals surface area contributed by atoms with Crippen molar-refractivity contribution >= 4 is 29.2 Å². The summed E-state index contributed by atoms with van der Waals surface area (Å²) in [5.74, 6) is 0.933. The van der Waals surface area contributed by atoms with Gasteiger partial charge in [0.2, 0.25) is 0 Å². The summed E-state index contributed by atoms with van der Waals surface area (Å²) in [7, 11) is 0. The first-order valence-electron chi connectivity index (χ1n) is 7.31. The van der Waals surface area contributed by atoms with Crippen molar-refractivity contribution in [2.24, 2.45) is 5.92 Å². The van der Waals surface area contributed by atoms with Crippen molar-refractivity contribution in [3.05, 3.63) is 0 Å². The molecule has 1 aliphatic heterocycles. The van der Waals surface area contributed by atoms with Gasteiger partial charge < -0.3 is 4.90 Å². The Morgan fingerprint density at radius 3 is 2.39 bits per heavy atom. The lowest BCUT2D eigenvalue weighted by Crippen LogP contribution is -2.57. The van der Waals surface area contributed by atoms with E-state index in [0.29, 0.717) is 12.1 Å². The molecule has 0 aromatic rings. The third-order valence-corrected chi connectivity index (χ3v) is 5.07. The van der Waals surface area contributed by atoms with Crippen LogP contribution in [0.5, 0.6) is 0 Å². The number of hydrogen-bond acceptors (Lipinski definition) is 2. The number of thiocarbonyl (C=S) groups is 1. The lowest BCUT2D eigenvalue weighted by molar-refractivity contribution is 0.0678. The predicted molar refractivity (Wildman–Crippen MR) is 85.4 cm³/mol. The normalized spacial score (nSPS) is 31.6. The van der Waals surface area contributed by atoms with E-state index in [0.717, 1.165) is 23.3 Å². The molecule has 0 radical (unpaired) electrons. The van der Waals surface area contributed by atoms with Crippen LogP contribution in [0.1, 0.15) is 46.0 Å². The summed E-state index contributed by atoms with van der Waals surface area (Å²) in [6, 6.07) is 1.11. The fraction of sp³-hybridized carbons (Fsp3) is 0.929. The molecule has 18 heavy (non-hydrogen) atoms. The number of thiol groups is 1. The predicted octanol–water partition coefficient (Wildman–Crippen LogP) is 3.18. The molecule has 0 spiro atoms. The molecule has 2 aliphatic rings. The van der Waals surface area contributed by atoms with Gasteiger partial charge in [0.05, 0.1) is 0 Å². The molecule has 0 aromatic carbocycles. The zero-order chi connectivity index (χ0) is 13.1. The summed E-state index contributed by atoms with van der Waals surface area (Å²) in [4.78, 5) is 4.93. The van der Waals surface area contributed by atoms with E-state index in [4.69, 9.17) is 12.2 Å². The number of hydrogen-bond donors (Lipinski definition) is 1. The lowest BCUT2D eigenvalue weighted by atomic mass is 9.88. The Kier molecular flexibility index (Phi) is 5.34. The third-order valence-electron chi connectivity index (χ3n) is 4.58. The smallest absolute Gasteiger partial charge is 0.133 e. The van der Waals surface area contributed by atoms with Crippen molar-refractivity contribution in [3.63, 3.8) is 0 Å². The van der Waals surface area contributed by atoms with Gasteiger partial charge in [0.15, 0.2) is 0 Å². The Labute approximate surface area is 123 Å². The third kappa shape index (κ3) is 3.61. The van der Waals surface area contributed by atoms with Crippen LogP contribution in [-0.4, -0.2) is 45.8 Å². The van der Waals surface area contributed by atoms with Crippen molar-refractivity contribution in [3.8, 4) is 0 Å². The first kappa shape index (κ1) is 14.6. The average Bonchev–Trinajstić information content (AvgIpc) is 2.34. The second-order valence-electron chi connectivity index (χ2n) is 6.09. The Morgan fingerprint density at radius 1 is 1.11 bits per heavy atom. The van der Waals surface area contributed by atoms with Gasteiger partial charge in [-0.3, -0.25) is 4.90 Å². The quantitative estimate of drug-likeness (QED) is 0.616. The van der Waals surface area contributed by atoms with E-state index in [1.54, 1.807) is 0 Å². The first-order chi connectivity index (χ1) is 8.58. The van der Waals surface area contributed by atoms with Crippen LogP contribution in [-0.2, 0) is 0 Å². The Morgan fingerprint density at radius 2 is 1.78 bits per heavy atom. The number of piperazine rings is 1. The van der Waals surface area contributed by atoms with Crippen LogP contribution >= 0.6 is 24.8 Å². The molecule has 2 fully saturated rings. The van der Waals surface area contributed by atoms with Gasteiger partial charge in [-0.1, -0.05) is 31.5 Å². The number of nitrogens with zero attached hydrogens (tertiary/aromatic N) is 2. The Balaban J connectivity index is 1.88. The monoisotopic (exact) mass is 286 g/mol. The maximum absolute atomic E-state index is 5.22. The maximum Gasteiger partial charge on any atom is 0.133 e. The molecule has 2 atom stereocenters. The van der Waals surface area contributed by atoms with E-state index in [1.165, 1.54) is 38.6 Å². The van der Waals surface area contributed by atoms with Gasteiger partial charge >= 0.3 is 0 Å². The van der Waals surface area contributed by atoms with Gasteiger partial charge in [-0.2, -0.15) is 0 Å². The molecule has 0 bridgehead atoms. The van der Waals surface area contributed by atoms with Gasteiger partial charge in [0.25, 0.3) is 0 Å². The van der Waals surface area contributed by atoms with Crippen LogP contribution in [0.4, 0.5) is 0 Å². The van der Waals surface area contributed by atoms with Crippen molar-refractivity contribution in [1.82, 2.24) is 9.80 Å². The minimum Gasteiger partial charge on any atom is -0.352 e. The summed E-state index contributed by atoms with van der Waals surface area (Å²) in [6.45, 7) is 8.06. The zero-order valence-corrected chi connectivity index (χ0v) is 13.3. The summed E-state index contributed by atoms with van der Waals surface area (Å²) >= 11 is 9.56. The highest BCUT2D eigenvalue weighted by Crippen LogP contribution is 2.26. The van der Waals surface area contributed by atoms with E-state index in [1.807, 2.05) is 0 Å². The Bertz CT molecular complexity index is 290. The van der Waals surface area contributed by atoms with E-state index in [-0.39, 0.29) is 0 Å². The van der Waals surface area contributed by atoms with Gasteiger partial charge in [0, 0.05) is 31.7 Å². The highest BCUT2D eigenvalue weighted by molar-refractivity contribution is 8.10. The molecule has 2 nitrogen and oxygen atoms in total. The highest BCUT2D eigenvalue weighted by Gasteiger charge is 2.30. The molecule has 0 amide bonds. The van der Waals surface area contributed by atoms with E-state index < -0.39 is 0 Å². The van der Waals surface area contributed by atoms with Crippen LogP contribution < -0.4 is 0 Å². The van der Waals surface area contributed by atoms with Gasteiger partial charge in [0.1, 0.15) is 4.32 Å². The minimum absolute atomic E-state index is 0.509. The molecule has 0 N–H and O–H groups in total. The molecule has 2 rings (SSSR count). The standard InChI is InChI=1S/C14H26N2S2/c1-11-9-16(14(17)18)12(2)8-15(11)10-13-6-4-3-5-7-13/h11-13H,3-10H2,1-2H3,(H,17,18)/t11-,12+/m1/s1. The topological polar surface area (TPSA) is 6.48 Å². The van der Waals surface area contributed by atoms with Crippen LogP contribution in [0.15, 0.2) is 0 Å². The van der Waals surface area contributed by atoms with Gasteiger partial charge in [-0.15, -0.1) is 12.6 Å². The van der Waals surface area contributed by atoms with Gasteiger partial charge in [-0.05, 0) is 32.6 Å². The molecular formula is C14H26N2S2. The minimum atomic E-state index is 0.509. The molecular weight excluding hydrogens is 260 g/mol. The lowest BCUT2D eigenvalue weighted by Gasteiger charge is -2.46. The fourth-order valence-corrected chi connectivity index (χ4v) is 3.95. The van der Waals surface area contributed by atoms with E-state index >= 15 is 0 Å². The average molecular weight is 287 g/mol. The molecule has 0 unspecified atom stereocenters.